The standard InChI is InChI=1S/C30H37N3O8S/c1-7-31-30(35)21(2)32(19-22-11-9-8-10-12-22)29(34)20-33(25-17-23(38-3)13-15-26(25)39-4)42(36,37)24-14-16-27(40-5)28(18-24)41-6/h8-18,21H,7,19-20H2,1-6H3,(H,31,35). The van der Waals surface area contributed by atoms with Gasteiger partial charge in [-0.3, -0.25) is 13.9 Å². The zero-order valence-corrected chi connectivity index (χ0v) is 25.4. The average molecular weight is 600 g/mol. The van der Waals surface area contributed by atoms with Crippen molar-refractivity contribution in [2.75, 3.05) is 45.8 Å². The molecule has 226 valence electrons. The predicted octanol–water partition coefficient (Wildman–Crippen LogP) is 3.47. The molecule has 3 aromatic carbocycles. The Morgan fingerprint density at radius 3 is 2.07 bits per heavy atom. The number of benzene rings is 3. The Kier molecular flexibility index (Phi) is 11.0. The smallest absolute Gasteiger partial charge is 0.265 e. The van der Waals surface area contributed by atoms with E-state index < -0.39 is 28.5 Å². The van der Waals surface area contributed by atoms with Gasteiger partial charge in [-0.05, 0) is 43.7 Å². The fourth-order valence-corrected chi connectivity index (χ4v) is 5.73. The number of ether oxygens (including phenoxy) is 4. The fraction of sp³-hybridized carbons (Fsp3) is 0.333. The SMILES string of the molecule is CCNC(=O)C(C)N(Cc1ccccc1)C(=O)CN(c1cc(OC)ccc1OC)S(=O)(=O)c1ccc(OC)c(OC)c1. The minimum absolute atomic E-state index is 0.0744. The molecule has 0 saturated heterocycles. The molecule has 12 heteroatoms. The van der Waals surface area contributed by atoms with E-state index in [0.717, 1.165) is 9.87 Å². The number of hydrogen-bond donors (Lipinski definition) is 1. The first-order chi connectivity index (χ1) is 20.1. The molecule has 1 N–H and O–H groups in total. The van der Waals surface area contributed by atoms with Crippen molar-refractivity contribution >= 4 is 27.5 Å². The van der Waals surface area contributed by atoms with Crippen LogP contribution in [0, 0.1) is 0 Å². The van der Waals surface area contributed by atoms with E-state index in [1.165, 1.54) is 57.6 Å². The summed E-state index contributed by atoms with van der Waals surface area (Å²) in [7, 11) is 1.26. The Bertz CT molecular complexity index is 1480. The minimum atomic E-state index is -4.41. The lowest BCUT2D eigenvalue weighted by Crippen LogP contribution is -2.51. The molecular weight excluding hydrogens is 562 g/mol. The number of amides is 2. The van der Waals surface area contributed by atoms with Crippen LogP contribution in [-0.4, -0.2) is 72.7 Å². The average Bonchev–Trinajstić information content (AvgIpc) is 3.01. The molecule has 0 saturated carbocycles. The van der Waals surface area contributed by atoms with Crippen molar-refractivity contribution in [3.63, 3.8) is 0 Å². The fourth-order valence-electron chi connectivity index (χ4n) is 4.29. The zero-order valence-electron chi connectivity index (χ0n) is 24.6. The van der Waals surface area contributed by atoms with Crippen molar-refractivity contribution < 1.29 is 37.0 Å². The minimum Gasteiger partial charge on any atom is -0.497 e. The van der Waals surface area contributed by atoms with Crippen LogP contribution in [0.4, 0.5) is 5.69 Å². The van der Waals surface area contributed by atoms with Crippen molar-refractivity contribution in [1.29, 1.82) is 0 Å². The Hall–Kier alpha value is -4.45. The molecule has 0 fully saturated rings. The van der Waals surface area contributed by atoms with Gasteiger partial charge in [0.1, 0.15) is 24.1 Å². The number of methoxy groups -OCH3 is 4. The monoisotopic (exact) mass is 599 g/mol. The highest BCUT2D eigenvalue weighted by atomic mass is 32.2. The number of sulfonamides is 1. The molecule has 0 bridgehead atoms. The molecule has 3 aromatic rings. The molecule has 2 amide bonds. The molecule has 0 heterocycles. The number of hydrogen-bond acceptors (Lipinski definition) is 8. The van der Waals surface area contributed by atoms with Crippen LogP contribution in [0.5, 0.6) is 23.0 Å². The van der Waals surface area contributed by atoms with E-state index in [0.29, 0.717) is 18.0 Å². The second-order valence-corrected chi connectivity index (χ2v) is 11.0. The van der Waals surface area contributed by atoms with E-state index in [-0.39, 0.29) is 34.5 Å². The van der Waals surface area contributed by atoms with Gasteiger partial charge in [-0.1, -0.05) is 30.3 Å². The van der Waals surface area contributed by atoms with E-state index in [2.05, 4.69) is 5.32 Å². The van der Waals surface area contributed by atoms with Crippen molar-refractivity contribution in [2.24, 2.45) is 0 Å². The Morgan fingerprint density at radius 1 is 0.833 bits per heavy atom. The molecule has 0 aromatic heterocycles. The number of nitrogens with zero attached hydrogens (tertiary/aromatic N) is 2. The molecule has 11 nitrogen and oxygen atoms in total. The summed E-state index contributed by atoms with van der Waals surface area (Å²) in [5, 5.41) is 2.74. The van der Waals surface area contributed by atoms with Gasteiger partial charge in [0.15, 0.2) is 11.5 Å². The first-order valence-corrected chi connectivity index (χ1v) is 14.6. The second kappa shape index (κ2) is 14.4. The van der Waals surface area contributed by atoms with Crippen molar-refractivity contribution in [1.82, 2.24) is 10.2 Å². The quantitative estimate of drug-likeness (QED) is 0.299. The lowest BCUT2D eigenvalue weighted by Gasteiger charge is -2.32. The van der Waals surface area contributed by atoms with Gasteiger partial charge in [-0.25, -0.2) is 8.42 Å². The molecule has 3 rings (SSSR count). The third kappa shape index (κ3) is 7.24. The van der Waals surface area contributed by atoms with Gasteiger partial charge in [0.2, 0.25) is 11.8 Å². The lowest BCUT2D eigenvalue weighted by atomic mass is 10.1. The van der Waals surface area contributed by atoms with Crippen LogP contribution in [0.15, 0.2) is 71.6 Å². The van der Waals surface area contributed by atoms with Crippen LogP contribution in [0.3, 0.4) is 0 Å². The van der Waals surface area contributed by atoms with Gasteiger partial charge in [-0.2, -0.15) is 0 Å². The summed E-state index contributed by atoms with van der Waals surface area (Å²) in [6.45, 7) is 3.19. The van der Waals surface area contributed by atoms with Gasteiger partial charge in [0.05, 0.1) is 39.0 Å². The summed E-state index contributed by atoms with van der Waals surface area (Å²) in [5.74, 6) is 0.101. The van der Waals surface area contributed by atoms with E-state index >= 15 is 0 Å². The molecule has 1 unspecified atom stereocenters. The van der Waals surface area contributed by atoms with Crippen molar-refractivity contribution in [2.45, 2.75) is 31.3 Å². The van der Waals surface area contributed by atoms with Crippen LogP contribution in [0.1, 0.15) is 19.4 Å². The van der Waals surface area contributed by atoms with Crippen LogP contribution in [0.25, 0.3) is 0 Å². The normalized spacial score (nSPS) is 11.7. The highest BCUT2D eigenvalue weighted by Gasteiger charge is 2.34. The second-order valence-electron chi connectivity index (χ2n) is 9.14. The van der Waals surface area contributed by atoms with E-state index in [9.17, 15) is 18.0 Å². The maximum Gasteiger partial charge on any atom is 0.265 e. The molecule has 0 aliphatic heterocycles. The van der Waals surface area contributed by atoms with Crippen molar-refractivity contribution in [3.05, 3.63) is 72.3 Å². The summed E-state index contributed by atoms with van der Waals surface area (Å²) in [6.07, 6.45) is 0. The Balaban J connectivity index is 2.16. The number of carbonyl (C=O) groups excluding carboxylic acids is 2. The lowest BCUT2D eigenvalue weighted by molar-refractivity contribution is -0.139. The molecular formula is C30H37N3O8S. The predicted molar refractivity (Wildman–Crippen MR) is 159 cm³/mol. The number of likely N-dealkylation sites (N-methyl/N-ethyl adjacent to an activating group) is 1. The third-order valence-corrected chi connectivity index (χ3v) is 8.35. The van der Waals surface area contributed by atoms with Gasteiger partial charge < -0.3 is 29.2 Å². The largest absolute Gasteiger partial charge is 0.497 e. The zero-order chi connectivity index (χ0) is 30.9. The van der Waals surface area contributed by atoms with Crippen LogP contribution >= 0.6 is 0 Å². The van der Waals surface area contributed by atoms with Crippen LogP contribution < -0.4 is 28.6 Å². The molecule has 0 radical (unpaired) electrons. The first-order valence-electron chi connectivity index (χ1n) is 13.2. The van der Waals surface area contributed by atoms with Crippen molar-refractivity contribution in [3.8, 4) is 23.0 Å². The summed E-state index contributed by atoms with van der Waals surface area (Å²) in [5.41, 5.74) is 0.848. The molecule has 0 spiro atoms. The number of nitrogens with one attached hydrogen (secondary N) is 1. The van der Waals surface area contributed by atoms with Gasteiger partial charge in [-0.15, -0.1) is 0 Å². The molecule has 42 heavy (non-hydrogen) atoms. The summed E-state index contributed by atoms with van der Waals surface area (Å²) < 4.78 is 50.9. The molecule has 1 atom stereocenters. The van der Waals surface area contributed by atoms with Gasteiger partial charge >= 0.3 is 0 Å². The highest BCUT2D eigenvalue weighted by Crippen LogP contribution is 2.37. The van der Waals surface area contributed by atoms with Gasteiger partial charge in [0, 0.05) is 25.2 Å². The molecule has 0 aliphatic carbocycles. The van der Waals surface area contributed by atoms with Crippen LogP contribution in [0.2, 0.25) is 0 Å². The first kappa shape index (κ1) is 32.1. The van der Waals surface area contributed by atoms with Crippen LogP contribution in [-0.2, 0) is 26.2 Å². The number of carbonyl (C=O) groups is 2. The maximum atomic E-state index is 14.3. The van der Waals surface area contributed by atoms with Gasteiger partial charge in [0.25, 0.3) is 10.0 Å². The third-order valence-electron chi connectivity index (χ3n) is 6.59. The summed E-state index contributed by atoms with van der Waals surface area (Å²) in [6, 6.07) is 17.0. The maximum absolute atomic E-state index is 14.3. The Morgan fingerprint density at radius 2 is 1.48 bits per heavy atom. The molecule has 0 aliphatic rings. The number of anilines is 1. The van der Waals surface area contributed by atoms with E-state index in [1.807, 2.05) is 30.3 Å². The Labute approximate surface area is 247 Å². The topological polar surface area (TPSA) is 124 Å². The number of rotatable bonds is 14. The summed E-state index contributed by atoms with van der Waals surface area (Å²) in [4.78, 5) is 28.1. The highest BCUT2D eigenvalue weighted by molar-refractivity contribution is 7.92. The van der Waals surface area contributed by atoms with E-state index in [1.54, 1.807) is 26.0 Å². The summed E-state index contributed by atoms with van der Waals surface area (Å²) >= 11 is 0. The van der Waals surface area contributed by atoms with E-state index in [4.69, 9.17) is 18.9 Å².